The summed E-state index contributed by atoms with van der Waals surface area (Å²) in [5, 5.41) is 18.5. The fourth-order valence-corrected chi connectivity index (χ4v) is 2.25. The molecule has 0 aliphatic heterocycles. The molecule has 0 amide bonds. The summed E-state index contributed by atoms with van der Waals surface area (Å²) in [6, 6.07) is 3.81. The summed E-state index contributed by atoms with van der Waals surface area (Å²) in [5.74, 6) is 0.0124. The number of carboxylic acid groups (broad SMARTS) is 1. The van der Waals surface area contributed by atoms with Gasteiger partial charge in [0.2, 0.25) is 0 Å². The third-order valence-corrected chi connectivity index (χ3v) is 3.33. The van der Waals surface area contributed by atoms with Crippen molar-refractivity contribution in [2.75, 3.05) is 5.75 Å². The first-order valence-corrected chi connectivity index (χ1v) is 6.52. The Hall–Kier alpha value is -1.60. The van der Waals surface area contributed by atoms with Crippen LogP contribution in [-0.2, 0) is 4.79 Å². The van der Waals surface area contributed by atoms with E-state index in [4.69, 9.17) is 9.52 Å². The van der Waals surface area contributed by atoms with Crippen molar-refractivity contribution in [3.8, 4) is 10.8 Å². The average molecular weight is 268 g/mol. The van der Waals surface area contributed by atoms with Crippen molar-refractivity contribution >= 4 is 29.1 Å². The topological polar surface area (TPSA) is 76.2 Å². The van der Waals surface area contributed by atoms with Crippen LogP contribution in [0.2, 0.25) is 0 Å². The Balaban J connectivity index is 1.93. The number of carboxylic acids is 1. The van der Waals surface area contributed by atoms with Crippen LogP contribution in [0.3, 0.4) is 0 Å². The summed E-state index contributed by atoms with van der Waals surface area (Å²) in [6.07, 6.45) is 2.62. The average Bonchev–Trinajstić information content (AvgIpc) is 2.94. The minimum absolute atomic E-state index is 0.434. The van der Waals surface area contributed by atoms with Crippen LogP contribution in [0.25, 0.3) is 10.8 Å². The van der Waals surface area contributed by atoms with Gasteiger partial charge >= 0.3 is 5.97 Å². The lowest BCUT2D eigenvalue weighted by atomic mass is 10.5. The van der Waals surface area contributed by atoms with Crippen LogP contribution in [0, 0.1) is 0 Å². The second-order valence-electron chi connectivity index (χ2n) is 2.90. The van der Waals surface area contributed by atoms with E-state index in [9.17, 15) is 4.79 Å². The first-order valence-electron chi connectivity index (χ1n) is 4.65. The number of thioether (sulfide) groups is 1. The Morgan fingerprint density at radius 1 is 1.59 bits per heavy atom. The van der Waals surface area contributed by atoms with Gasteiger partial charge in [0.25, 0.3) is 11.1 Å². The number of rotatable bonds is 5. The molecule has 2 aromatic rings. The number of hydrogen-bond acceptors (Lipinski definition) is 6. The second-order valence-corrected chi connectivity index (χ2v) is 4.82. The Kier molecular flexibility index (Phi) is 3.94. The van der Waals surface area contributed by atoms with Gasteiger partial charge in [0, 0.05) is 11.8 Å². The summed E-state index contributed by atoms with van der Waals surface area (Å²) in [7, 11) is 0. The molecule has 0 fully saturated rings. The SMILES string of the molecule is O=C(O)C=CCSc1nnc(-c2cccs2)o1. The maximum absolute atomic E-state index is 10.2. The van der Waals surface area contributed by atoms with Crippen LogP contribution in [0.4, 0.5) is 0 Å². The number of aliphatic carboxylic acids is 1. The molecule has 0 atom stereocenters. The van der Waals surface area contributed by atoms with Crippen molar-refractivity contribution in [2.24, 2.45) is 0 Å². The molecule has 0 aromatic carbocycles. The van der Waals surface area contributed by atoms with E-state index in [-0.39, 0.29) is 0 Å². The highest BCUT2D eigenvalue weighted by Gasteiger charge is 2.08. The minimum atomic E-state index is -0.963. The minimum Gasteiger partial charge on any atom is -0.478 e. The standard InChI is InChI=1S/C10H8N2O3S2/c13-8(14)4-2-6-17-10-12-11-9(15-10)7-3-1-5-16-7/h1-5H,6H2,(H,13,14). The van der Waals surface area contributed by atoms with Crippen LogP contribution in [0.15, 0.2) is 39.3 Å². The zero-order valence-electron chi connectivity index (χ0n) is 8.57. The van der Waals surface area contributed by atoms with E-state index in [0.717, 1.165) is 11.0 Å². The number of carbonyl (C=O) groups is 1. The van der Waals surface area contributed by atoms with Gasteiger partial charge in [0.05, 0.1) is 4.88 Å². The molecule has 0 unspecified atom stereocenters. The predicted molar refractivity (Wildman–Crippen MR) is 65.1 cm³/mol. The monoisotopic (exact) mass is 268 g/mol. The molecule has 2 aromatic heterocycles. The summed E-state index contributed by atoms with van der Waals surface area (Å²) in [6.45, 7) is 0. The molecule has 5 nitrogen and oxygen atoms in total. The van der Waals surface area contributed by atoms with Gasteiger partial charge in [-0.05, 0) is 11.4 Å². The van der Waals surface area contributed by atoms with Crippen molar-refractivity contribution in [3.05, 3.63) is 29.7 Å². The van der Waals surface area contributed by atoms with Gasteiger partial charge in [0.1, 0.15) is 0 Å². The van der Waals surface area contributed by atoms with Crippen LogP contribution in [-0.4, -0.2) is 27.0 Å². The van der Waals surface area contributed by atoms with E-state index >= 15 is 0 Å². The summed E-state index contributed by atoms with van der Waals surface area (Å²) < 4.78 is 5.40. The second kappa shape index (κ2) is 5.65. The van der Waals surface area contributed by atoms with E-state index in [2.05, 4.69) is 10.2 Å². The first-order chi connectivity index (χ1) is 8.25. The largest absolute Gasteiger partial charge is 0.478 e. The Labute approximate surface area is 105 Å². The van der Waals surface area contributed by atoms with E-state index < -0.39 is 5.97 Å². The Bertz CT molecular complexity index is 519. The molecule has 1 N–H and O–H groups in total. The maximum Gasteiger partial charge on any atom is 0.328 e. The molecule has 17 heavy (non-hydrogen) atoms. The molecule has 0 spiro atoms. The fraction of sp³-hybridized carbons (Fsp3) is 0.100. The van der Waals surface area contributed by atoms with Crippen LogP contribution >= 0.6 is 23.1 Å². The molecule has 7 heteroatoms. The van der Waals surface area contributed by atoms with Crippen LogP contribution < -0.4 is 0 Å². The van der Waals surface area contributed by atoms with Gasteiger partial charge in [-0.15, -0.1) is 21.5 Å². The van der Waals surface area contributed by atoms with Crippen molar-refractivity contribution in [2.45, 2.75) is 5.22 Å². The highest BCUT2D eigenvalue weighted by atomic mass is 32.2. The fourth-order valence-electron chi connectivity index (χ4n) is 1.04. The predicted octanol–water partition coefficient (Wildman–Crippen LogP) is 2.53. The lowest BCUT2D eigenvalue weighted by molar-refractivity contribution is -0.131. The number of aromatic nitrogens is 2. The van der Waals surface area contributed by atoms with E-state index in [1.54, 1.807) is 0 Å². The maximum atomic E-state index is 10.2. The molecule has 0 radical (unpaired) electrons. The zero-order valence-corrected chi connectivity index (χ0v) is 10.2. The quantitative estimate of drug-likeness (QED) is 0.663. The number of hydrogen-bond donors (Lipinski definition) is 1. The normalized spacial score (nSPS) is 11.1. The van der Waals surface area contributed by atoms with Gasteiger partial charge < -0.3 is 9.52 Å². The molecule has 88 valence electrons. The molecule has 0 saturated carbocycles. The van der Waals surface area contributed by atoms with Gasteiger partial charge in [-0.25, -0.2) is 4.79 Å². The van der Waals surface area contributed by atoms with Crippen LogP contribution in [0.1, 0.15) is 0 Å². The number of thiophene rings is 1. The summed E-state index contributed by atoms with van der Waals surface area (Å²) in [5.41, 5.74) is 0. The van der Waals surface area contributed by atoms with Crippen molar-refractivity contribution in [1.82, 2.24) is 10.2 Å². The van der Waals surface area contributed by atoms with Crippen molar-refractivity contribution < 1.29 is 14.3 Å². The zero-order chi connectivity index (χ0) is 12.1. The van der Waals surface area contributed by atoms with Crippen molar-refractivity contribution in [3.63, 3.8) is 0 Å². The molecule has 0 aliphatic carbocycles. The molecule has 0 bridgehead atoms. The summed E-state index contributed by atoms with van der Waals surface area (Å²) >= 11 is 2.82. The third kappa shape index (κ3) is 3.43. The highest BCUT2D eigenvalue weighted by Crippen LogP contribution is 2.26. The van der Waals surface area contributed by atoms with E-state index in [1.807, 2.05) is 17.5 Å². The molecule has 0 aliphatic rings. The Morgan fingerprint density at radius 3 is 3.18 bits per heavy atom. The van der Waals surface area contributed by atoms with E-state index in [0.29, 0.717) is 16.9 Å². The smallest absolute Gasteiger partial charge is 0.328 e. The first kappa shape index (κ1) is 11.9. The van der Waals surface area contributed by atoms with Gasteiger partial charge in [0.15, 0.2) is 0 Å². The van der Waals surface area contributed by atoms with Gasteiger partial charge in [-0.2, -0.15) is 0 Å². The molecule has 2 heterocycles. The highest BCUT2D eigenvalue weighted by molar-refractivity contribution is 7.99. The number of nitrogens with zero attached hydrogens (tertiary/aromatic N) is 2. The van der Waals surface area contributed by atoms with Crippen molar-refractivity contribution in [1.29, 1.82) is 0 Å². The third-order valence-electron chi connectivity index (χ3n) is 1.70. The molecule has 0 saturated heterocycles. The summed E-state index contributed by atoms with van der Waals surface area (Å²) in [4.78, 5) is 11.1. The lowest BCUT2D eigenvalue weighted by Crippen LogP contribution is -1.86. The lowest BCUT2D eigenvalue weighted by Gasteiger charge is -1.88. The van der Waals surface area contributed by atoms with Gasteiger partial charge in [-0.1, -0.05) is 23.9 Å². The Morgan fingerprint density at radius 2 is 2.47 bits per heavy atom. The molecule has 2 rings (SSSR count). The van der Waals surface area contributed by atoms with E-state index in [1.165, 1.54) is 29.2 Å². The van der Waals surface area contributed by atoms with Gasteiger partial charge in [-0.3, -0.25) is 0 Å². The van der Waals surface area contributed by atoms with Crippen LogP contribution in [0.5, 0.6) is 0 Å². The molecular weight excluding hydrogens is 260 g/mol. The molecular formula is C10H8N2O3S2.